The maximum Gasteiger partial charge on any atom is 0.129 e. The van der Waals surface area contributed by atoms with Gasteiger partial charge in [0.25, 0.3) is 0 Å². The molecule has 0 aliphatic carbocycles. The number of hydrogen-bond donors (Lipinski definition) is 1. The SMILES string of the molecule is CCNC(c1cc(C)c(F)c(C)c1)c1ccccc1CC. The zero-order valence-corrected chi connectivity index (χ0v) is 13.3. The molecule has 1 atom stereocenters. The zero-order chi connectivity index (χ0) is 15.4. The standard InChI is InChI=1S/C19H24FN/c1-5-15-9-7-8-10-17(15)19(21-6-2)16-11-13(3)18(20)14(4)12-16/h7-12,19,21H,5-6H2,1-4H3. The van der Waals surface area contributed by atoms with Gasteiger partial charge in [-0.05, 0) is 54.6 Å². The highest BCUT2D eigenvalue weighted by atomic mass is 19.1. The summed E-state index contributed by atoms with van der Waals surface area (Å²) in [4.78, 5) is 0. The van der Waals surface area contributed by atoms with Crippen molar-refractivity contribution in [1.82, 2.24) is 5.32 Å². The summed E-state index contributed by atoms with van der Waals surface area (Å²) in [6, 6.07) is 12.5. The Morgan fingerprint density at radius 3 is 2.24 bits per heavy atom. The third-order valence-corrected chi connectivity index (χ3v) is 3.95. The first-order chi connectivity index (χ1) is 10.1. The van der Waals surface area contributed by atoms with Crippen LogP contribution in [0.4, 0.5) is 4.39 Å². The molecule has 1 unspecified atom stereocenters. The summed E-state index contributed by atoms with van der Waals surface area (Å²) in [6.07, 6.45) is 0.997. The molecule has 0 bridgehead atoms. The van der Waals surface area contributed by atoms with Gasteiger partial charge >= 0.3 is 0 Å². The molecule has 1 nitrogen and oxygen atoms in total. The lowest BCUT2D eigenvalue weighted by atomic mass is 9.91. The molecule has 0 radical (unpaired) electrons. The van der Waals surface area contributed by atoms with Gasteiger partial charge in [0.1, 0.15) is 5.82 Å². The Kier molecular flexibility index (Phi) is 5.13. The summed E-state index contributed by atoms with van der Waals surface area (Å²) in [5.41, 5.74) is 5.17. The molecule has 0 heterocycles. The minimum absolute atomic E-state index is 0.0993. The van der Waals surface area contributed by atoms with Crippen molar-refractivity contribution in [2.45, 2.75) is 40.2 Å². The van der Waals surface area contributed by atoms with E-state index in [0.717, 1.165) is 18.5 Å². The van der Waals surface area contributed by atoms with E-state index >= 15 is 0 Å². The van der Waals surface area contributed by atoms with Crippen molar-refractivity contribution in [2.24, 2.45) is 0 Å². The molecule has 21 heavy (non-hydrogen) atoms. The van der Waals surface area contributed by atoms with Crippen LogP contribution in [0.25, 0.3) is 0 Å². The highest BCUT2D eigenvalue weighted by Crippen LogP contribution is 2.28. The summed E-state index contributed by atoms with van der Waals surface area (Å²) in [5.74, 6) is -0.0993. The van der Waals surface area contributed by atoms with Crippen LogP contribution in [-0.4, -0.2) is 6.54 Å². The molecular weight excluding hydrogens is 261 g/mol. The predicted molar refractivity (Wildman–Crippen MR) is 87.2 cm³/mol. The first-order valence-corrected chi connectivity index (χ1v) is 7.66. The molecular formula is C19H24FN. The average Bonchev–Trinajstić information content (AvgIpc) is 2.49. The van der Waals surface area contributed by atoms with Crippen LogP contribution in [0.3, 0.4) is 0 Å². The lowest BCUT2D eigenvalue weighted by molar-refractivity contribution is 0.597. The van der Waals surface area contributed by atoms with Crippen LogP contribution in [0.1, 0.15) is 47.7 Å². The Morgan fingerprint density at radius 2 is 1.67 bits per heavy atom. The Balaban J connectivity index is 2.53. The highest BCUT2D eigenvalue weighted by Gasteiger charge is 2.17. The fourth-order valence-corrected chi connectivity index (χ4v) is 2.90. The number of halogens is 1. The van der Waals surface area contributed by atoms with Crippen LogP contribution in [-0.2, 0) is 6.42 Å². The molecule has 0 aromatic heterocycles. The largest absolute Gasteiger partial charge is 0.307 e. The summed E-state index contributed by atoms with van der Waals surface area (Å²) < 4.78 is 13.9. The van der Waals surface area contributed by atoms with Gasteiger partial charge in [-0.25, -0.2) is 4.39 Å². The number of aryl methyl sites for hydroxylation is 3. The number of nitrogens with one attached hydrogen (secondary N) is 1. The monoisotopic (exact) mass is 285 g/mol. The van der Waals surface area contributed by atoms with Crippen LogP contribution in [0, 0.1) is 19.7 Å². The van der Waals surface area contributed by atoms with Gasteiger partial charge in [-0.1, -0.05) is 50.2 Å². The normalized spacial score (nSPS) is 12.4. The fraction of sp³-hybridized carbons (Fsp3) is 0.368. The van der Waals surface area contributed by atoms with Crippen LogP contribution in [0.15, 0.2) is 36.4 Å². The average molecular weight is 285 g/mol. The summed E-state index contributed by atoms with van der Waals surface area (Å²) >= 11 is 0. The Labute approximate surface area is 127 Å². The van der Waals surface area contributed by atoms with E-state index in [-0.39, 0.29) is 11.9 Å². The third-order valence-electron chi connectivity index (χ3n) is 3.95. The molecule has 0 aliphatic rings. The molecule has 0 amide bonds. The summed E-state index contributed by atoms with van der Waals surface area (Å²) in [7, 11) is 0. The Bertz CT molecular complexity index is 596. The molecule has 0 aliphatic heterocycles. The first kappa shape index (κ1) is 15.7. The van der Waals surface area contributed by atoms with E-state index in [2.05, 4.69) is 43.4 Å². The van der Waals surface area contributed by atoms with Crippen molar-refractivity contribution in [3.8, 4) is 0 Å². The van der Waals surface area contributed by atoms with Crippen molar-refractivity contribution in [2.75, 3.05) is 6.54 Å². The molecule has 112 valence electrons. The molecule has 0 saturated carbocycles. The molecule has 0 saturated heterocycles. The zero-order valence-electron chi connectivity index (χ0n) is 13.3. The van der Waals surface area contributed by atoms with E-state index in [1.807, 2.05) is 26.0 Å². The van der Waals surface area contributed by atoms with E-state index < -0.39 is 0 Å². The van der Waals surface area contributed by atoms with Gasteiger partial charge in [-0.2, -0.15) is 0 Å². The molecule has 1 N–H and O–H groups in total. The molecule has 2 aromatic rings. The third kappa shape index (κ3) is 3.33. The minimum atomic E-state index is -0.0993. The second kappa shape index (κ2) is 6.86. The summed E-state index contributed by atoms with van der Waals surface area (Å²) in [5, 5.41) is 3.54. The minimum Gasteiger partial charge on any atom is -0.307 e. The Morgan fingerprint density at radius 1 is 1.05 bits per heavy atom. The van der Waals surface area contributed by atoms with Gasteiger partial charge in [0.2, 0.25) is 0 Å². The summed E-state index contributed by atoms with van der Waals surface area (Å²) in [6.45, 7) is 8.81. The molecule has 2 heteroatoms. The van der Waals surface area contributed by atoms with Crippen LogP contribution in [0.2, 0.25) is 0 Å². The Hall–Kier alpha value is -1.67. The lowest BCUT2D eigenvalue weighted by Gasteiger charge is -2.23. The molecule has 2 rings (SSSR count). The van der Waals surface area contributed by atoms with Crippen molar-refractivity contribution < 1.29 is 4.39 Å². The van der Waals surface area contributed by atoms with Gasteiger partial charge in [0.15, 0.2) is 0 Å². The van der Waals surface area contributed by atoms with Gasteiger partial charge < -0.3 is 5.32 Å². The lowest BCUT2D eigenvalue weighted by Crippen LogP contribution is -2.23. The van der Waals surface area contributed by atoms with E-state index in [0.29, 0.717) is 11.1 Å². The molecule has 2 aromatic carbocycles. The van der Waals surface area contributed by atoms with E-state index in [1.54, 1.807) is 0 Å². The number of hydrogen-bond acceptors (Lipinski definition) is 1. The smallest absolute Gasteiger partial charge is 0.129 e. The van der Waals surface area contributed by atoms with Gasteiger partial charge in [0, 0.05) is 0 Å². The second-order valence-electron chi connectivity index (χ2n) is 5.51. The first-order valence-electron chi connectivity index (χ1n) is 7.66. The number of rotatable bonds is 5. The van der Waals surface area contributed by atoms with E-state index in [1.165, 1.54) is 11.1 Å². The van der Waals surface area contributed by atoms with Crippen LogP contribution < -0.4 is 5.32 Å². The van der Waals surface area contributed by atoms with Gasteiger partial charge in [-0.3, -0.25) is 0 Å². The fourth-order valence-electron chi connectivity index (χ4n) is 2.90. The van der Waals surface area contributed by atoms with Crippen molar-refractivity contribution in [3.05, 3.63) is 70.0 Å². The van der Waals surface area contributed by atoms with E-state index in [4.69, 9.17) is 0 Å². The molecule has 0 spiro atoms. The molecule has 0 fully saturated rings. The second-order valence-corrected chi connectivity index (χ2v) is 5.51. The van der Waals surface area contributed by atoms with Crippen LogP contribution in [0.5, 0.6) is 0 Å². The predicted octanol–water partition coefficient (Wildman–Crippen LogP) is 4.70. The van der Waals surface area contributed by atoms with Crippen molar-refractivity contribution in [1.29, 1.82) is 0 Å². The maximum atomic E-state index is 13.9. The van der Waals surface area contributed by atoms with E-state index in [9.17, 15) is 4.39 Å². The van der Waals surface area contributed by atoms with Gasteiger partial charge in [-0.15, -0.1) is 0 Å². The topological polar surface area (TPSA) is 12.0 Å². The van der Waals surface area contributed by atoms with Crippen molar-refractivity contribution >= 4 is 0 Å². The van der Waals surface area contributed by atoms with Crippen LogP contribution >= 0.6 is 0 Å². The highest BCUT2D eigenvalue weighted by molar-refractivity contribution is 5.41. The quantitative estimate of drug-likeness (QED) is 0.839. The maximum absolute atomic E-state index is 13.9. The van der Waals surface area contributed by atoms with Crippen molar-refractivity contribution in [3.63, 3.8) is 0 Å². The van der Waals surface area contributed by atoms with Gasteiger partial charge in [0.05, 0.1) is 6.04 Å². The number of benzene rings is 2.